The molecule has 40 heavy (non-hydrogen) atoms. The maximum Gasteiger partial charge on any atom is 0.319 e. The van der Waals surface area contributed by atoms with Crippen LogP contribution in [-0.4, -0.2) is 60.1 Å². The molecule has 0 aromatic heterocycles. The van der Waals surface area contributed by atoms with Gasteiger partial charge in [-0.05, 0) is 74.2 Å². The zero-order valence-electron chi connectivity index (χ0n) is 23.0. The van der Waals surface area contributed by atoms with Gasteiger partial charge in [-0.3, -0.25) is 4.79 Å². The molecule has 0 saturated carbocycles. The molecule has 2 fully saturated rings. The predicted octanol–water partition coefficient (Wildman–Crippen LogP) is 5.17. The number of rotatable bonds is 9. The van der Waals surface area contributed by atoms with Gasteiger partial charge in [0.15, 0.2) is 0 Å². The number of phenols is 1. The fourth-order valence-corrected chi connectivity index (χ4v) is 5.89. The van der Waals surface area contributed by atoms with Crippen LogP contribution in [0.4, 0.5) is 10.5 Å². The van der Waals surface area contributed by atoms with Gasteiger partial charge < -0.3 is 30.3 Å². The quantitative estimate of drug-likeness (QED) is 0.347. The van der Waals surface area contributed by atoms with Crippen molar-refractivity contribution < 1.29 is 19.4 Å². The first-order valence-corrected chi connectivity index (χ1v) is 14.0. The summed E-state index contributed by atoms with van der Waals surface area (Å²) in [6.45, 7) is 4.02. The molecule has 2 aliphatic rings. The Morgan fingerprint density at radius 3 is 2.40 bits per heavy atom. The summed E-state index contributed by atoms with van der Waals surface area (Å²) in [5.41, 5.74) is 2.45. The largest absolute Gasteiger partial charge is 0.508 e. The Hall–Kier alpha value is -4.04. The van der Waals surface area contributed by atoms with Crippen LogP contribution in [0.1, 0.15) is 42.9 Å². The molecule has 3 aromatic carbocycles. The topological polar surface area (TPSA) is 94.1 Å². The van der Waals surface area contributed by atoms with Crippen LogP contribution in [0.25, 0.3) is 0 Å². The molecule has 210 valence electrons. The van der Waals surface area contributed by atoms with Crippen molar-refractivity contribution in [2.45, 2.75) is 38.3 Å². The van der Waals surface area contributed by atoms with Crippen molar-refractivity contribution in [1.82, 2.24) is 15.1 Å². The van der Waals surface area contributed by atoms with Crippen LogP contribution in [-0.2, 0) is 11.3 Å². The van der Waals surface area contributed by atoms with Crippen molar-refractivity contribution in [2.24, 2.45) is 5.41 Å². The summed E-state index contributed by atoms with van der Waals surface area (Å²) in [6, 6.07) is 24.0. The Labute approximate surface area is 235 Å². The highest BCUT2D eigenvalue weighted by atomic mass is 16.5. The predicted molar refractivity (Wildman–Crippen MR) is 155 cm³/mol. The van der Waals surface area contributed by atoms with E-state index in [4.69, 9.17) is 4.74 Å². The van der Waals surface area contributed by atoms with Crippen LogP contribution in [0, 0.1) is 5.41 Å². The van der Waals surface area contributed by atoms with E-state index in [-0.39, 0.29) is 29.1 Å². The van der Waals surface area contributed by atoms with E-state index in [0.717, 1.165) is 68.7 Å². The third-order valence-electron chi connectivity index (χ3n) is 8.29. The summed E-state index contributed by atoms with van der Waals surface area (Å²) in [7, 11) is 1.66. The molecule has 1 unspecified atom stereocenters. The van der Waals surface area contributed by atoms with E-state index in [0.29, 0.717) is 12.2 Å². The third-order valence-corrected chi connectivity index (χ3v) is 8.29. The average Bonchev–Trinajstić information content (AvgIpc) is 3.26. The van der Waals surface area contributed by atoms with Crippen molar-refractivity contribution in [1.29, 1.82) is 0 Å². The van der Waals surface area contributed by atoms with Crippen LogP contribution in [0.5, 0.6) is 11.5 Å². The summed E-state index contributed by atoms with van der Waals surface area (Å²) in [5, 5.41) is 15.6. The molecule has 2 heterocycles. The summed E-state index contributed by atoms with van der Waals surface area (Å²) in [5.74, 6) is 1.21. The lowest BCUT2D eigenvalue weighted by atomic mass is 9.77. The summed E-state index contributed by atoms with van der Waals surface area (Å²) >= 11 is 0. The lowest BCUT2D eigenvalue weighted by Gasteiger charge is -2.38. The number of nitrogens with zero attached hydrogens (tertiary/aromatic N) is 2. The number of carbonyl (C=O) groups is 2. The standard InChI is InChI=1S/C32H38N4O4/c1-40-28-12-10-24(11-13-28)23-36-21-17-32(30(36)38)15-19-35(20-16-32)18-14-29(25-6-3-2-4-7-25)34-31(39)33-26-8-5-9-27(37)22-26/h2-13,22,29,37H,14-21,23H2,1H3,(H2,33,34,39). The van der Waals surface area contributed by atoms with Gasteiger partial charge in [-0.2, -0.15) is 0 Å². The molecule has 1 atom stereocenters. The average molecular weight is 543 g/mol. The minimum atomic E-state index is -0.314. The second kappa shape index (κ2) is 12.4. The Bertz CT molecular complexity index is 1290. The van der Waals surface area contributed by atoms with Gasteiger partial charge in [0.1, 0.15) is 11.5 Å². The minimum absolute atomic E-state index is 0.102. The number of methoxy groups -OCH3 is 1. The number of amides is 3. The van der Waals surface area contributed by atoms with Crippen LogP contribution in [0.2, 0.25) is 0 Å². The third kappa shape index (κ3) is 6.57. The number of phenolic OH excluding ortho intramolecular Hbond substituents is 1. The highest BCUT2D eigenvalue weighted by Gasteiger charge is 2.47. The zero-order chi connectivity index (χ0) is 28.0. The lowest BCUT2D eigenvalue weighted by Crippen LogP contribution is -2.45. The van der Waals surface area contributed by atoms with E-state index in [2.05, 4.69) is 15.5 Å². The number of hydrogen-bond acceptors (Lipinski definition) is 5. The number of anilines is 1. The van der Waals surface area contributed by atoms with Crippen LogP contribution in [0.3, 0.4) is 0 Å². The van der Waals surface area contributed by atoms with Crippen molar-refractivity contribution in [3.8, 4) is 11.5 Å². The molecule has 3 N–H and O–H groups in total. The molecule has 1 spiro atoms. The van der Waals surface area contributed by atoms with Gasteiger partial charge in [0, 0.05) is 31.4 Å². The fraction of sp³-hybridized carbons (Fsp3) is 0.375. The van der Waals surface area contributed by atoms with Crippen LogP contribution >= 0.6 is 0 Å². The van der Waals surface area contributed by atoms with Crippen LogP contribution in [0.15, 0.2) is 78.9 Å². The molecule has 8 heteroatoms. The Morgan fingerprint density at radius 2 is 1.70 bits per heavy atom. The van der Waals surface area contributed by atoms with E-state index in [1.54, 1.807) is 25.3 Å². The molecule has 3 amide bonds. The molecule has 3 aromatic rings. The number of likely N-dealkylation sites (tertiary alicyclic amines) is 2. The maximum absolute atomic E-state index is 13.5. The molecule has 8 nitrogen and oxygen atoms in total. The van der Waals surface area contributed by atoms with Gasteiger partial charge in [0.05, 0.1) is 18.6 Å². The molecular weight excluding hydrogens is 504 g/mol. The van der Waals surface area contributed by atoms with Crippen molar-refractivity contribution in [3.63, 3.8) is 0 Å². The summed E-state index contributed by atoms with van der Waals surface area (Å²) in [4.78, 5) is 30.7. The van der Waals surface area contributed by atoms with Crippen molar-refractivity contribution >= 4 is 17.6 Å². The second-order valence-corrected chi connectivity index (χ2v) is 10.8. The van der Waals surface area contributed by atoms with Crippen molar-refractivity contribution in [2.75, 3.05) is 38.6 Å². The number of urea groups is 1. The Balaban J connectivity index is 1.14. The molecular formula is C32H38N4O4. The first-order valence-electron chi connectivity index (χ1n) is 14.0. The molecule has 0 radical (unpaired) electrons. The van der Waals surface area contributed by atoms with E-state index in [9.17, 15) is 14.7 Å². The number of ether oxygens (including phenoxy) is 1. The van der Waals surface area contributed by atoms with Gasteiger partial charge in [0.25, 0.3) is 0 Å². The number of hydrogen-bond donors (Lipinski definition) is 3. The van der Waals surface area contributed by atoms with Gasteiger partial charge in [-0.15, -0.1) is 0 Å². The van der Waals surface area contributed by atoms with E-state index < -0.39 is 0 Å². The SMILES string of the molecule is COc1ccc(CN2CCC3(CCN(CCC(NC(=O)Nc4cccc(O)c4)c4ccccc4)CC3)C2=O)cc1. The molecule has 0 bridgehead atoms. The monoisotopic (exact) mass is 542 g/mol. The number of piperidine rings is 1. The fourth-order valence-electron chi connectivity index (χ4n) is 5.89. The van der Waals surface area contributed by atoms with Crippen molar-refractivity contribution in [3.05, 3.63) is 90.0 Å². The Morgan fingerprint density at radius 1 is 0.975 bits per heavy atom. The van der Waals surface area contributed by atoms with E-state index in [1.165, 1.54) is 6.07 Å². The van der Waals surface area contributed by atoms with Gasteiger partial charge >= 0.3 is 6.03 Å². The number of carbonyl (C=O) groups excluding carboxylic acids is 2. The number of aromatic hydroxyl groups is 1. The molecule has 2 aliphatic heterocycles. The summed E-state index contributed by atoms with van der Waals surface area (Å²) in [6.07, 6.45) is 3.40. The van der Waals surface area contributed by atoms with E-state index in [1.807, 2.05) is 59.5 Å². The highest BCUT2D eigenvalue weighted by molar-refractivity contribution is 5.89. The smallest absolute Gasteiger partial charge is 0.319 e. The second-order valence-electron chi connectivity index (χ2n) is 10.8. The minimum Gasteiger partial charge on any atom is -0.508 e. The van der Waals surface area contributed by atoms with Crippen LogP contribution < -0.4 is 15.4 Å². The van der Waals surface area contributed by atoms with Gasteiger partial charge in [-0.25, -0.2) is 4.79 Å². The number of benzene rings is 3. The Kier molecular flexibility index (Phi) is 8.55. The number of nitrogens with one attached hydrogen (secondary N) is 2. The normalized spacial score (nSPS) is 17.5. The van der Waals surface area contributed by atoms with Gasteiger partial charge in [-0.1, -0.05) is 48.5 Å². The molecule has 0 aliphatic carbocycles. The van der Waals surface area contributed by atoms with E-state index >= 15 is 0 Å². The lowest BCUT2D eigenvalue weighted by molar-refractivity contribution is -0.138. The highest BCUT2D eigenvalue weighted by Crippen LogP contribution is 2.42. The molecule has 5 rings (SSSR count). The van der Waals surface area contributed by atoms with Gasteiger partial charge in [0.2, 0.25) is 5.91 Å². The molecule has 2 saturated heterocycles. The zero-order valence-corrected chi connectivity index (χ0v) is 23.0. The maximum atomic E-state index is 13.5. The first kappa shape index (κ1) is 27.5. The summed E-state index contributed by atoms with van der Waals surface area (Å²) < 4.78 is 5.25. The first-order chi connectivity index (χ1) is 19.4.